The first-order valence-corrected chi connectivity index (χ1v) is 10.1. The van der Waals surface area contributed by atoms with Gasteiger partial charge >= 0.3 is 0 Å². The number of hydrogen-bond donors (Lipinski definition) is 1. The van der Waals surface area contributed by atoms with Crippen LogP contribution in [-0.2, 0) is 19.6 Å². The van der Waals surface area contributed by atoms with Gasteiger partial charge in [-0.15, -0.1) is 0 Å². The third-order valence-electron chi connectivity index (χ3n) is 3.89. The fourth-order valence-electron chi connectivity index (χ4n) is 2.53. The van der Waals surface area contributed by atoms with Crippen LogP contribution in [0.25, 0.3) is 0 Å². The Labute approximate surface area is 149 Å². The van der Waals surface area contributed by atoms with Crippen molar-refractivity contribution in [2.45, 2.75) is 31.1 Å². The summed E-state index contributed by atoms with van der Waals surface area (Å²) < 4.78 is 36.9. The van der Waals surface area contributed by atoms with E-state index < -0.39 is 10.0 Å². The van der Waals surface area contributed by atoms with Crippen LogP contribution < -0.4 is 10.1 Å². The molecular formula is C17H26N2O5S. The lowest BCUT2D eigenvalue weighted by molar-refractivity contribution is -0.123. The fraction of sp³-hybridized carbons (Fsp3) is 0.588. The van der Waals surface area contributed by atoms with Gasteiger partial charge in [-0.3, -0.25) is 4.79 Å². The highest BCUT2D eigenvalue weighted by molar-refractivity contribution is 7.89. The number of hydrogen-bond acceptors (Lipinski definition) is 5. The quantitative estimate of drug-likeness (QED) is 0.629. The number of carbonyl (C=O) groups excluding carboxylic acids is 1. The summed E-state index contributed by atoms with van der Waals surface area (Å²) >= 11 is 0. The minimum atomic E-state index is -3.42. The summed E-state index contributed by atoms with van der Waals surface area (Å²) in [5.41, 5.74) is 0. The Morgan fingerprint density at radius 1 is 1.20 bits per heavy atom. The SMILES string of the molecule is CCOCCCNC(=O)COc1ccc(S(=O)(=O)N2CCCC2)cc1. The average molecular weight is 370 g/mol. The predicted octanol–water partition coefficient (Wildman–Crippen LogP) is 1.39. The molecule has 25 heavy (non-hydrogen) atoms. The van der Waals surface area contributed by atoms with E-state index in [4.69, 9.17) is 9.47 Å². The molecule has 140 valence electrons. The third-order valence-corrected chi connectivity index (χ3v) is 5.80. The highest BCUT2D eigenvalue weighted by atomic mass is 32.2. The second kappa shape index (κ2) is 9.74. The highest BCUT2D eigenvalue weighted by Gasteiger charge is 2.26. The highest BCUT2D eigenvalue weighted by Crippen LogP contribution is 2.22. The Morgan fingerprint density at radius 2 is 1.88 bits per heavy atom. The Bertz CT molecular complexity index is 640. The van der Waals surface area contributed by atoms with Crippen molar-refractivity contribution in [3.05, 3.63) is 24.3 Å². The van der Waals surface area contributed by atoms with Crippen LogP contribution in [0.3, 0.4) is 0 Å². The average Bonchev–Trinajstić information content (AvgIpc) is 3.16. The van der Waals surface area contributed by atoms with E-state index >= 15 is 0 Å². The number of amides is 1. The molecule has 0 aliphatic carbocycles. The van der Waals surface area contributed by atoms with Gasteiger partial charge < -0.3 is 14.8 Å². The molecule has 1 fully saturated rings. The van der Waals surface area contributed by atoms with Gasteiger partial charge in [-0.1, -0.05) is 0 Å². The molecule has 1 N–H and O–H groups in total. The van der Waals surface area contributed by atoms with Gasteiger partial charge in [0.1, 0.15) is 5.75 Å². The molecule has 1 aromatic carbocycles. The van der Waals surface area contributed by atoms with Crippen LogP contribution in [0.5, 0.6) is 5.75 Å². The number of sulfonamides is 1. The molecule has 1 heterocycles. The fourth-order valence-corrected chi connectivity index (χ4v) is 4.05. The largest absolute Gasteiger partial charge is 0.484 e. The molecular weight excluding hydrogens is 344 g/mol. The lowest BCUT2D eigenvalue weighted by atomic mass is 10.3. The van der Waals surface area contributed by atoms with Crippen LogP contribution in [0.4, 0.5) is 0 Å². The van der Waals surface area contributed by atoms with Gasteiger partial charge in [-0.2, -0.15) is 4.31 Å². The van der Waals surface area contributed by atoms with Gasteiger partial charge in [0.2, 0.25) is 10.0 Å². The first kappa shape index (κ1) is 19.7. The predicted molar refractivity (Wildman–Crippen MR) is 94.0 cm³/mol. The number of benzene rings is 1. The first-order chi connectivity index (χ1) is 12.0. The zero-order valence-corrected chi connectivity index (χ0v) is 15.4. The zero-order chi connectivity index (χ0) is 18.1. The van der Waals surface area contributed by atoms with E-state index in [-0.39, 0.29) is 17.4 Å². The number of ether oxygens (including phenoxy) is 2. The van der Waals surface area contributed by atoms with Crippen molar-refractivity contribution in [3.63, 3.8) is 0 Å². The van der Waals surface area contributed by atoms with Gasteiger partial charge in [-0.05, 0) is 50.5 Å². The molecule has 0 aromatic heterocycles. The molecule has 0 radical (unpaired) electrons. The van der Waals surface area contributed by atoms with Crippen LogP contribution >= 0.6 is 0 Å². The minimum absolute atomic E-state index is 0.104. The maximum atomic E-state index is 12.4. The summed E-state index contributed by atoms with van der Waals surface area (Å²) in [5, 5.41) is 2.74. The molecule has 0 unspecified atom stereocenters. The molecule has 0 bridgehead atoms. The number of nitrogens with zero attached hydrogens (tertiary/aromatic N) is 1. The summed E-state index contributed by atoms with van der Waals surface area (Å²) in [6, 6.07) is 6.18. The molecule has 0 saturated carbocycles. The summed E-state index contributed by atoms with van der Waals surface area (Å²) in [6.45, 7) is 4.79. The third kappa shape index (κ3) is 5.98. The molecule has 1 aromatic rings. The lowest BCUT2D eigenvalue weighted by Gasteiger charge is -2.15. The van der Waals surface area contributed by atoms with Crippen molar-refractivity contribution >= 4 is 15.9 Å². The van der Waals surface area contributed by atoms with Crippen molar-refractivity contribution in [1.29, 1.82) is 0 Å². The molecule has 1 aliphatic rings. The van der Waals surface area contributed by atoms with Crippen molar-refractivity contribution in [1.82, 2.24) is 9.62 Å². The van der Waals surface area contributed by atoms with Gasteiger partial charge in [0.15, 0.2) is 6.61 Å². The van der Waals surface area contributed by atoms with Gasteiger partial charge in [0.25, 0.3) is 5.91 Å². The normalized spacial score (nSPS) is 15.2. The molecule has 0 atom stereocenters. The molecule has 2 rings (SSSR count). The first-order valence-electron chi connectivity index (χ1n) is 8.61. The van der Waals surface area contributed by atoms with E-state index in [1.54, 1.807) is 12.1 Å². The van der Waals surface area contributed by atoms with Crippen LogP contribution in [-0.4, -0.2) is 58.1 Å². The van der Waals surface area contributed by atoms with Crippen LogP contribution in [0.2, 0.25) is 0 Å². The van der Waals surface area contributed by atoms with Crippen LogP contribution in [0.1, 0.15) is 26.2 Å². The summed E-state index contributed by atoms with van der Waals surface area (Å²) in [7, 11) is -3.42. The Balaban J connectivity index is 1.77. The van der Waals surface area contributed by atoms with Crippen molar-refractivity contribution in [2.24, 2.45) is 0 Å². The topological polar surface area (TPSA) is 84.9 Å². The zero-order valence-electron chi connectivity index (χ0n) is 14.6. The monoisotopic (exact) mass is 370 g/mol. The smallest absolute Gasteiger partial charge is 0.257 e. The standard InChI is InChI=1S/C17H26N2O5S/c1-2-23-13-5-10-18-17(20)14-24-15-6-8-16(9-7-15)25(21,22)19-11-3-4-12-19/h6-9H,2-5,10-14H2,1H3,(H,18,20). The van der Waals surface area contributed by atoms with E-state index in [0.29, 0.717) is 38.6 Å². The molecule has 8 heteroatoms. The second-order valence-electron chi connectivity index (χ2n) is 5.77. The molecule has 0 spiro atoms. The summed E-state index contributed by atoms with van der Waals surface area (Å²) in [5.74, 6) is 0.245. The number of nitrogens with one attached hydrogen (secondary N) is 1. The van der Waals surface area contributed by atoms with E-state index in [9.17, 15) is 13.2 Å². The van der Waals surface area contributed by atoms with Crippen molar-refractivity contribution in [3.8, 4) is 5.75 Å². The van der Waals surface area contributed by atoms with E-state index in [2.05, 4.69) is 5.32 Å². The summed E-state index contributed by atoms with van der Waals surface area (Å²) in [6.07, 6.45) is 2.56. The van der Waals surface area contributed by atoms with E-state index in [1.165, 1.54) is 16.4 Å². The van der Waals surface area contributed by atoms with E-state index in [0.717, 1.165) is 19.3 Å². The Morgan fingerprint density at radius 3 is 2.52 bits per heavy atom. The van der Waals surface area contributed by atoms with Gasteiger partial charge in [0.05, 0.1) is 4.90 Å². The number of carbonyl (C=O) groups is 1. The minimum Gasteiger partial charge on any atom is -0.484 e. The van der Waals surface area contributed by atoms with Crippen molar-refractivity contribution in [2.75, 3.05) is 39.5 Å². The molecule has 1 aliphatic heterocycles. The molecule has 1 saturated heterocycles. The van der Waals surface area contributed by atoms with Crippen LogP contribution in [0.15, 0.2) is 29.2 Å². The number of rotatable bonds is 10. The molecule has 1 amide bonds. The Hall–Kier alpha value is -1.64. The molecule has 7 nitrogen and oxygen atoms in total. The lowest BCUT2D eigenvalue weighted by Crippen LogP contribution is -2.30. The maximum absolute atomic E-state index is 12.4. The maximum Gasteiger partial charge on any atom is 0.257 e. The second-order valence-corrected chi connectivity index (χ2v) is 7.71. The van der Waals surface area contributed by atoms with E-state index in [1.807, 2.05) is 6.92 Å². The van der Waals surface area contributed by atoms with Gasteiger partial charge in [-0.25, -0.2) is 8.42 Å². The Kier molecular flexibility index (Phi) is 7.67. The van der Waals surface area contributed by atoms with Crippen molar-refractivity contribution < 1.29 is 22.7 Å². The van der Waals surface area contributed by atoms with Gasteiger partial charge in [0, 0.05) is 32.8 Å². The summed E-state index contributed by atoms with van der Waals surface area (Å²) in [4.78, 5) is 11.9. The van der Waals surface area contributed by atoms with Crippen LogP contribution in [0, 0.1) is 0 Å².